The SMILES string of the molecule is O=NN1N=C(c2cccc([N+](=O)[O-])c2)CC1c1cn(-c2ccccc2)nc1-c1ccc(F)cc1. The van der Waals surface area contributed by atoms with E-state index in [-0.39, 0.29) is 17.9 Å². The molecule has 0 spiro atoms. The van der Waals surface area contributed by atoms with E-state index in [9.17, 15) is 19.4 Å². The summed E-state index contributed by atoms with van der Waals surface area (Å²) in [7, 11) is 0. The molecular weight excluding hydrogens is 439 g/mol. The Morgan fingerprint density at radius 2 is 1.76 bits per heavy atom. The number of nitro groups is 1. The van der Waals surface area contributed by atoms with Crippen molar-refractivity contribution in [2.24, 2.45) is 10.4 Å². The van der Waals surface area contributed by atoms with Gasteiger partial charge in [-0.15, -0.1) is 10.0 Å². The van der Waals surface area contributed by atoms with Gasteiger partial charge in [0.2, 0.25) is 0 Å². The van der Waals surface area contributed by atoms with E-state index in [1.807, 2.05) is 30.3 Å². The van der Waals surface area contributed by atoms with E-state index in [0.717, 1.165) is 10.8 Å². The number of para-hydroxylation sites is 1. The largest absolute Gasteiger partial charge is 0.270 e. The fourth-order valence-electron chi connectivity index (χ4n) is 3.96. The zero-order chi connectivity index (χ0) is 23.7. The Kier molecular flexibility index (Phi) is 5.38. The van der Waals surface area contributed by atoms with Crippen molar-refractivity contribution in [3.63, 3.8) is 0 Å². The number of hydrogen-bond acceptors (Lipinski definition) is 6. The molecule has 34 heavy (non-hydrogen) atoms. The third kappa shape index (κ3) is 3.92. The number of nitroso groups, excluding NO2 is 1. The molecular formula is C24H17FN6O3. The first-order valence-electron chi connectivity index (χ1n) is 10.4. The fraction of sp³-hybridized carbons (Fsp3) is 0.0833. The van der Waals surface area contributed by atoms with Crippen molar-refractivity contribution >= 4 is 11.4 Å². The van der Waals surface area contributed by atoms with Gasteiger partial charge in [0.05, 0.1) is 27.3 Å². The summed E-state index contributed by atoms with van der Waals surface area (Å²) in [5.74, 6) is -0.374. The van der Waals surface area contributed by atoms with Gasteiger partial charge in [0.15, 0.2) is 0 Å². The minimum Gasteiger partial charge on any atom is -0.258 e. The Hall–Kier alpha value is -4.73. The second kappa shape index (κ2) is 8.66. The summed E-state index contributed by atoms with van der Waals surface area (Å²) < 4.78 is 15.2. The summed E-state index contributed by atoms with van der Waals surface area (Å²) in [6, 6.07) is 20.8. The van der Waals surface area contributed by atoms with Gasteiger partial charge in [0.1, 0.15) is 11.9 Å². The van der Waals surface area contributed by atoms with E-state index in [0.29, 0.717) is 28.1 Å². The van der Waals surface area contributed by atoms with E-state index >= 15 is 0 Å². The number of benzene rings is 3. The third-order valence-corrected chi connectivity index (χ3v) is 5.60. The topological polar surface area (TPSA) is 106 Å². The average Bonchev–Trinajstić information content (AvgIpc) is 3.50. The predicted octanol–water partition coefficient (Wildman–Crippen LogP) is 5.42. The first-order valence-corrected chi connectivity index (χ1v) is 10.4. The van der Waals surface area contributed by atoms with Crippen molar-refractivity contribution in [3.8, 4) is 16.9 Å². The van der Waals surface area contributed by atoms with Crippen LogP contribution in [0, 0.1) is 20.8 Å². The summed E-state index contributed by atoms with van der Waals surface area (Å²) in [5.41, 5.74) is 3.65. The normalized spacial score (nSPS) is 15.3. The molecule has 0 amide bonds. The van der Waals surface area contributed by atoms with Crippen LogP contribution in [-0.4, -0.2) is 25.5 Å². The van der Waals surface area contributed by atoms with Crippen molar-refractivity contribution in [1.82, 2.24) is 14.9 Å². The van der Waals surface area contributed by atoms with Crippen LogP contribution in [0.2, 0.25) is 0 Å². The van der Waals surface area contributed by atoms with Crippen LogP contribution in [0.25, 0.3) is 16.9 Å². The van der Waals surface area contributed by atoms with Crippen molar-refractivity contribution in [2.45, 2.75) is 12.5 Å². The summed E-state index contributed by atoms with van der Waals surface area (Å²) in [4.78, 5) is 22.4. The molecule has 4 aromatic rings. The first-order chi connectivity index (χ1) is 16.5. The van der Waals surface area contributed by atoms with E-state index in [4.69, 9.17) is 5.10 Å². The van der Waals surface area contributed by atoms with E-state index in [1.54, 1.807) is 35.1 Å². The van der Waals surface area contributed by atoms with Crippen molar-refractivity contribution < 1.29 is 9.31 Å². The lowest BCUT2D eigenvalue weighted by Gasteiger charge is -2.15. The number of rotatable bonds is 6. The number of hydrogen-bond donors (Lipinski definition) is 0. The van der Waals surface area contributed by atoms with Gasteiger partial charge in [0, 0.05) is 41.4 Å². The maximum atomic E-state index is 13.6. The number of halogens is 1. The Balaban J connectivity index is 1.58. The van der Waals surface area contributed by atoms with Crippen LogP contribution >= 0.6 is 0 Å². The molecule has 10 heteroatoms. The van der Waals surface area contributed by atoms with Crippen molar-refractivity contribution in [3.05, 3.63) is 117 Å². The summed E-state index contributed by atoms with van der Waals surface area (Å²) >= 11 is 0. The number of non-ortho nitro benzene ring substituents is 1. The molecule has 1 atom stereocenters. The van der Waals surface area contributed by atoms with Gasteiger partial charge >= 0.3 is 0 Å². The van der Waals surface area contributed by atoms with Crippen LogP contribution in [0.3, 0.4) is 0 Å². The van der Waals surface area contributed by atoms with Gasteiger partial charge in [-0.3, -0.25) is 10.1 Å². The van der Waals surface area contributed by atoms with Gasteiger partial charge < -0.3 is 0 Å². The molecule has 2 heterocycles. The molecule has 0 fully saturated rings. The highest BCUT2D eigenvalue weighted by Gasteiger charge is 2.34. The van der Waals surface area contributed by atoms with E-state index in [2.05, 4.69) is 10.4 Å². The molecule has 1 aromatic heterocycles. The molecule has 0 N–H and O–H groups in total. The lowest BCUT2D eigenvalue weighted by Crippen LogP contribution is -2.13. The molecule has 0 radical (unpaired) electrons. The second-order valence-corrected chi connectivity index (χ2v) is 7.70. The first kappa shape index (κ1) is 21.1. The van der Waals surface area contributed by atoms with Crippen LogP contribution < -0.4 is 0 Å². The molecule has 1 aliphatic heterocycles. The molecule has 168 valence electrons. The highest BCUT2D eigenvalue weighted by Crippen LogP contribution is 2.38. The predicted molar refractivity (Wildman–Crippen MR) is 124 cm³/mol. The average molecular weight is 456 g/mol. The summed E-state index contributed by atoms with van der Waals surface area (Å²) in [6.45, 7) is 0. The van der Waals surface area contributed by atoms with Crippen molar-refractivity contribution in [1.29, 1.82) is 0 Å². The number of hydrazone groups is 1. The zero-order valence-corrected chi connectivity index (χ0v) is 17.7. The maximum Gasteiger partial charge on any atom is 0.270 e. The molecule has 0 aliphatic carbocycles. The fourth-order valence-corrected chi connectivity index (χ4v) is 3.96. The highest BCUT2D eigenvalue weighted by molar-refractivity contribution is 6.02. The lowest BCUT2D eigenvalue weighted by atomic mass is 9.97. The van der Waals surface area contributed by atoms with Gasteiger partial charge in [-0.1, -0.05) is 30.3 Å². The molecule has 0 bridgehead atoms. The van der Waals surface area contributed by atoms with Crippen molar-refractivity contribution in [2.75, 3.05) is 0 Å². The molecule has 5 rings (SSSR count). The van der Waals surface area contributed by atoms with Crippen LogP contribution in [0.15, 0.2) is 95.4 Å². The van der Waals surface area contributed by atoms with Gasteiger partial charge in [-0.2, -0.15) is 10.2 Å². The Labute approximate surface area is 192 Å². The molecule has 0 saturated heterocycles. The van der Waals surface area contributed by atoms with Crippen LogP contribution in [0.4, 0.5) is 10.1 Å². The molecule has 0 saturated carbocycles. The smallest absolute Gasteiger partial charge is 0.258 e. The van der Waals surface area contributed by atoms with E-state index < -0.39 is 11.0 Å². The Morgan fingerprint density at radius 3 is 2.47 bits per heavy atom. The summed E-state index contributed by atoms with van der Waals surface area (Å²) in [5, 5.41) is 24.3. The van der Waals surface area contributed by atoms with Gasteiger partial charge in [-0.05, 0) is 36.4 Å². The van der Waals surface area contributed by atoms with Gasteiger partial charge in [-0.25, -0.2) is 9.07 Å². The lowest BCUT2D eigenvalue weighted by molar-refractivity contribution is -0.384. The minimum absolute atomic E-state index is 0.0711. The van der Waals surface area contributed by atoms with Crippen LogP contribution in [0.5, 0.6) is 0 Å². The standard InChI is InChI=1S/C24H17FN6O3/c25-18-11-9-16(10-12-18)24-21(15-29(27-24)19-6-2-1-3-7-19)23-14-22(26-30(23)28-32)17-5-4-8-20(13-17)31(33)34/h1-13,15,23H,14H2. The molecule has 1 unspecified atom stereocenters. The number of aromatic nitrogens is 2. The summed E-state index contributed by atoms with van der Waals surface area (Å²) in [6.07, 6.45) is 2.07. The maximum absolute atomic E-state index is 13.6. The number of nitrogens with zero attached hydrogens (tertiary/aromatic N) is 6. The Bertz CT molecular complexity index is 1400. The van der Waals surface area contributed by atoms with Gasteiger partial charge in [0.25, 0.3) is 5.69 Å². The number of nitro benzene ring substituents is 1. The monoisotopic (exact) mass is 456 g/mol. The highest BCUT2D eigenvalue weighted by atomic mass is 19.1. The zero-order valence-electron chi connectivity index (χ0n) is 17.7. The second-order valence-electron chi connectivity index (χ2n) is 7.70. The van der Waals surface area contributed by atoms with Crippen LogP contribution in [-0.2, 0) is 0 Å². The quantitative estimate of drug-likeness (QED) is 0.219. The van der Waals surface area contributed by atoms with E-state index in [1.165, 1.54) is 24.3 Å². The third-order valence-electron chi connectivity index (χ3n) is 5.60. The molecule has 3 aromatic carbocycles. The molecule has 1 aliphatic rings. The van der Waals surface area contributed by atoms with Crippen LogP contribution in [0.1, 0.15) is 23.6 Å². The molecule has 9 nitrogen and oxygen atoms in total. The Morgan fingerprint density at radius 1 is 1.00 bits per heavy atom. The minimum atomic E-state index is -0.593.